The number of pyridine rings is 1. The Morgan fingerprint density at radius 3 is 2.42 bits per heavy atom. The number of aromatic nitrogens is 1. The molecule has 2 aromatic rings. The third-order valence-electron chi connectivity index (χ3n) is 6.02. The van der Waals surface area contributed by atoms with Crippen LogP contribution < -0.4 is 10.2 Å². The minimum Gasteiger partial charge on any atom is -0.352 e. The molecule has 1 N–H and O–H groups in total. The summed E-state index contributed by atoms with van der Waals surface area (Å²) in [6.45, 7) is 3.14. The number of imide groups is 2. The van der Waals surface area contributed by atoms with E-state index in [0.29, 0.717) is 38.5 Å². The van der Waals surface area contributed by atoms with Crippen molar-refractivity contribution < 1.29 is 23.6 Å². The number of hydrogen-bond acceptors (Lipinski definition) is 7. The van der Waals surface area contributed by atoms with Gasteiger partial charge in [0.15, 0.2) is 11.6 Å². The smallest absolute Gasteiger partial charge is 0.343 e. The number of carbonyl (C=O) groups excluding carboxylic acids is 4. The van der Waals surface area contributed by atoms with Gasteiger partial charge in [0, 0.05) is 45.3 Å². The molecule has 3 aliphatic rings. The fourth-order valence-electron chi connectivity index (χ4n) is 4.33. The van der Waals surface area contributed by atoms with E-state index >= 15 is 0 Å². The average Bonchev–Trinajstić information content (AvgIpc) is 3.05. The van der Waals surface area contributed by atoms with Crippen LogP contribution >= 0.6 is 0 Å². The van der Waals surface area contributed by atoms with Crippen LogP contribution in [0.3, 0.4) is 0 Å². The standard InChI is InChI=1S/C22H21FN6O4/c23-17-2-1-6-24-19(17)27-10-8-26(9-11-27)13-14-3-4-15-16(12-14)21(32)29(20(15)31)28-7-5-18(30)25-22(28)33/h1-4,6,12H,5,7-11,13H2,(H,25,30,33). The van der Waals surface area contributed by atoms with Gasteiger partial charge in [-0.25, -0.2) is 19.2 Å². The number of hydrazine groups is 1. The van der Waals surface area contributed by atoms with E-state index in [4.69, 9.17) is 0 Å². The van der Waals surface area contributed by atoms with Crippen molar-refractivity contribution in [3.05, 3.63) is 59.0 Å². The second kappa shape index (κ2) is 8.24. The first-order chi connectivity index (χ1) is 15.9. The maximum atomic E-state index is 14.0. The Labute approximate surface area is 188 Å². The summed E-state index contributed by atoms with van der Waals surface area (Å²) in [4.78, 5) is 57.5. The average molecular weight is 452 g/mol. The predicted molar refractivity (Wildman–Crippen MR) is 113 cm³/mol. The van der Waals surface area contributed by atoms with Gasteiger partial charge in [0.05, 0.1) is 17.7 Å². The monoisotopic (exact) mass is 452 g/mol. The highest BCUT2D eigenvalue weighted by Crippen LogP contribution is 2.27. The highest BCUT2D eigenvalue weighted by atomic mass is 19.1. The van der Waals surface area contributed by atoms with E-state index in [9.17, 15) is 23.6 Å². The summed E-state index contributed by atoms with van der Waals surface area (Å²) < 4.78 is 14.0. The number of nitrogens with zero attached hydrogens (tertiary/aromatic N) is 5. The molecule has 0 atom stereocenters. The molecule has 1 aromatic heterocycles. The number of benzene rings is 1. The zero-order valence-electron chi connectivity index (χ0n) is 17.7. The largest absolute Gasteiger partial charge is 0.352 e. The number of amides is 5. The molecule has 2 fully saturated rings. The van der Waals surface area contributed by atoms with Crippen molar-refractivity contribution in [2.75, 3.05) is 37.6 Å². The lowest BCUT2D eigenvalue weighted by atomic mass is 10.1. The van der Waals surface area contributed by atoms with E-state index < -0.39 is 23.8 Å². The summed E-state index contributed by atoms with van der Waals surface area (Å²) in [5.41, 5.74) is 1.31. The highest BCUT2D eigenvalue weighted by Gasteiger charge is 2.43. The first kappa shape index (κ1) is 21.0. The molecule has 4 heterocycles. The fraction of sp³-hybridized carbons (Fsp3) is 0.318. The molecule has 10 nitrogen and oxygen atoms in total. The number of piperazine rings is 1. The third-order valence-corrected chi connectivity index (χ3v) is 6.02. The van der Waals surface area contributed by atoms with Crippen molar-refractivity contribution >= 4 is 29.6 Å². The summed E-state index contributed by atoms with van der Waals surface area (Å²) in [7, 11) is 0. The molecule has 0 unspecified atom stereocenters. The topological polar surface area (TPSA) is 106 Å². The Bertz CT molecular complexity index is 1160. The van der Waals surface area contributed by atoms with Gasteiger partial charge in [0.2, 0.25) is 5.91 Å². The zero-order chi connectivity index (χ0) is 23.1. The van der Waals surface area contributed by atoms with Crippen molar-refractivity contribution in [1.29, 1.82) is 0 Å². The van der Waals surface area contributed by atoms with Crippen LogP contribution in [0, 0.1) is 5.82 Å². The number of nitrogens with one attached hydrogen (secondary N) is 1. The molecule has 11 heteroatoms. The molecule has 0 bridgehead atoms. The van der Waals surface area contributed by atoms with Crippen molar-refractivity contribution in [3.8, 4) is 0 Å². The quantitative estimate of drug-likeness (QED) is 0.690. The van der Waals surface area contributed by atoms with Crippen LogP contribution in [-0.2, 0) is 11.3 Å². The van der Waals surface area contributed by atoms with E-state index in [-0.39, 0.29) is 29.9 Å². The Morgan fingerprint density at radius 1 is 0.939 bits per heavy atom. The molecule has 5 amide bonds. The minimum absolute atomic E-state index is 0.0127. The maximum absolute atomic E-state index is 14.0. The van der Waals surface area contributed by atoms with Gasteiger partial charge < -0.3 is 4.90 Å². The molecule has 0 spiro atoms. The Kier molecular flexibility index (Phi) is 5.25. The molecule has 170 valence electrons. The molecule has 2 saturated heterocycles. The molecular formula is C22H21FN6O4. The van der Waals surface area contributed by atoms with Gasteiger partial charge in [0.25, 0.3) is 11.8 Å². The SMILES string of the molecule is O=C1CCN(N2C(=O)c3ccc(CN4CCN(c5ncccc5F)CC4)cc3C2=O)C(=O)N1. The van der Waals surface area contributed by atoms with Gasteiger partial charge in [-0.15, -0.1) is 0 Å². The molecule has 0 aliphatic carbocycles. The highest BCUT2D eigenvalue weighted by molar-refractivity contribution is 6.22. The Balaban J connectivity index is 1.26. The maximum Gasteiger partial charge on any atom is 0.343 e. The van der Waals surface area contributed by atoms with Gasteiger partial charge in [-0.1, -0.05) is 6.07 Å². The van der Waals surface area contributed by atoms with E-state index in [2.05, 4.69) is 15.2 Å². The first-order valence-corrected chi connectivity index (χ1v) is 10.6. The van der Waals surface area contributed by atoms with Crippen molar-refractivity contribution in [2.24, 2.45) is 0 Å². The number of anilines is 1. The number of fused-ring (bicyclic) bond motifs is 1. The Hall–Kier alpha value is -3.86. The summed E-state index contributed by atoms with van der Waals surface area (Å²) in [6, 6.07) is 7.23. The molecule has 0 radical (unpaired) electrons. The van der Waals surface area contributed by atoms with Gasteiger partial charge >= 0.3 is 6.03 Å². The number of halogens is 1. The fourth-order valence-corrected chi connectivity index (χ4v) is 4.33. The summed E-state index contributed by atoms with van der Waals surface area (Å²) in [5, 5.41) is 3.90. The van der Waals surface area contributed by atoms with Crippen molar-refractivity contribution in [3.63, 3.8) is 0 Å². The van der Waals surface area contributed by atoms with Crippen molar-refractivity contribution in [2.45, 2.75) is 13.0 Å². The van der Waals surface area contributed by atoms with Crippen LogP contribution in [0.25, 0.3) is 0 Å². The van der Waals surface area contributed by atoms with Crippen LogP contribution in [0.2, 0.25) is 0 Å². The summed E-state index contributed by atoms with van der Waals surface area (Å²) >= 11 is 0. The van der Waals surface area contributed by atoms with Crippen LogP contribution in [0.5, 0.6) is 0 Å². The van der Waals surface area contributed by atoms with Gasteiger partial charge in [-0.05, 0) is 29.8 Å². The second-order valence-electron chi connectivity index (χ2n) is 8.10. The van der Waals surface area contributed by atoms with Gasteiger partial charge in [0.1, 0.15) is 0 Å². The van der Waals surface area contributed by atoms with Crippen LogP contribution in [0.15, 0.2) is 36.5 Å². The number of carbonyl (C=O) groups is 4. The molecular weight excluding hydrogens is 431 g/mol. The van der Waals surface area contributed by atoms with Gasteiger partial charge in [-0.2, -0.15) is 5.01 Å². The lowest BCUT2D eigenvalue weighted by Gasteiger charge is -2.35. The predicted octanol–water partition coefficient (Wildman–Crippen LogP) is 0.996. The van der Waals surface area contributed by atoms with E-state index in [1.165, 1.54) is 6.07 Å². The van der Waals surface area contributed by atoms with E-state index in [1.807, 2.05) is 4.90 Å². The molecule has 0 saturated carbocycles. The summed E-state index contributed by atoms with van der Waals surface area (Å²) in [6.07, 6.45) is 1.58. The van der Waals surface area contributed by atoms with Crippen LogP contribution in [0.4, 0.5) is 15.0 Å². The van der Waals surface area contributed by atoms with Crippen LogP contribution in [-0.4, -0.2) is 76.4 Å². The number of hydrogen-bond donors (Lipinski definition) is 1. The minimum atomic E-state index is -0.789. The number of rotatable bonds is 4. The molecule has 1 aromatic carbocycles. The van der Waals surface area contributed by atoms with Crippen LogP contribution in [0.1, 0.15) is 32.7 Å². The third kappa shape index (κ3) is 3.80. The molecule has 5 rings (SSSR count). The lowest BCUT2D eigenvalue weighted by Crippen LogP contribution is -2.58. The van der Waals surface area contributed by atoms with Gasteiger partial charge in [-0.3, -0.25) is 24.6 Å². The molecule has 3 aliphatic heterocycles. The summed E-state index contributed by atoms with van der Waals surface area (Å²) in [5.74, 6) is -1.61. The molecule has 33 heavy (non-hydrogen) atoms. The lowest BCUT2D eigenvalue weighted by molar-refractivity contribution is -0.122. The Morgan fingerprint density at radius 2 is 1.70 bits per heavy atom. The normalized spacial score (nSPS) is 19.2. The van der Waals surface area contributed by atoms with Crippen molar-refractivity contribution in [1.82, 2.24) is 25.2 Å². The second-order valence-corrected chi connectivity index (χ2v) is 8.10. The number of urea groups is 1. The van der Waals surface area contributed by atoms with E-state index in [0.717, 1.165) is 15.6 Å². The first-order valence-electron chi connectivity index (χ1n) is 10.6. The zero-order valence-corrected chi connectivity index (χ0v) is 17.7. The van der Waals surface area contributed by atoms with E-state index in [1.54, 1.807) is 30.5 Å².